The highest BCUT2D eigenvalue weighted by molar-refractivity contribution is 6.09. The summed E-state index contributed by atoms with van der Waals surface area (Å²) in [6.07, 6.45) is 0. The summed E-state index contributed by atoms with van der Waals surface area (Å²) in [6.45, 7) is 4.56. The molecule has 0 heterocycles. The minimum atomic E-state index is 0.0571. The molecular weight excluding hydrogens is 222 g/mol. The highest BCUT2D eigenvalue weighted by Crippen LogP contribution is 2.15. The second kappa shape index (κ2) is 5.15. The number of nitrogens with two attached hydrogens (primary N) is 1. The topological polar surface area (TPSA) is 43.1 Å². The third kappa shape index (κ3) is 2.49. The molecule has 2 heteroatoms. The van der Waals surface area contributed by atoms with Crippen LogP contribution < -0.4 is 5.73 Å². The second-order valence-corrected chi connectivity index (χ2v) is 4.53. The van der Waals surface area contributed by atoms with Crippen LogP contribution in [0.15, 0.2) is 42.5 Å². The van der Waals surface area contributed by atoms with Gasteiger partial charge in [0.05, 0.1) is 0 Å². The van der Waals surface area contributed by atoms with Gasteiger partial charge in [-0.3, -0.25) is 4.79 Å². The van der Waals surface area contributed by atoms with Gasteiger partial charge < -0.3 is 5.73 Å². The molecule has 0 saturated heterocycles. The SMILES string of the molecule is Cc1ccc(C(=O)c2ccc(CN)cc2)cc1C. The Balaban J connectivity index is 2.32. The van der Waals surface area contributed by atoms with Crippen LogP contribution in [0.1, 0.15) is 32.6 Å². The molecule has 0 atom stereocenters. The Morgan fingerprint density at radius 3 is 2.11 bits per heavy atom. The molecule has 0 radical (unpaired) electrons. The van der Waals surface area contributed by atoms with Crippen LogP contribution in [0.2, 0.25) is 0 Å². The summed E-state index contributed by atoms with van der Waals surface area (Å²) in [6, 6.07) is 13.3. The zero-order chi connectivity index (χ0) is 13.1. The molecular formula is C16H17NO. The molecule has 18 heavy (non-hydrogen) atoms. The van der Waals surface area contributed by atoms with Gasteiger partial charge in [-0.15, -0.1) is 0 Å². The number of aryl methyl sites for hydroxylation is 2. The molecule has 2 aromatic rings. The van der Waals surface area contributed by atoms with Crippen LogP contribution in [0.5, 0.6) is 0 Å². The van der Waals surface area contributed by atoms with Crippen LogP contribution in [-0.2, 0) is 6.54 Å². The molecule has 0 unspecified atom stereocenters. The second-order valence-electron chi connectivity index (χ2n) is 4.53. The van der Waals surface area contributed by atoms with Crippen LogP contribution in [0.25, 0.3) is 0 Å². The zero-order valence-corrected chi connectivity index (χ0v) is 10.7. The van der Waals surface area contributed by atoms with Gasteiger partial charge in [0.1, 0.15) is 0 Å². The van der Waals surface area contributed by atoms with Crippen LogP contribution in [0.4, 0.5) is 0 Å². The lowest BCUT2D eigenvalue weighted by Gasteiger charge is -2.05. The van der Waals surface area contributed by atoms with Crippen molar-refractivity contribution in [3.05, 3.63) is 70.3 Å². The van der Waals surface area contributed by atoms with Crippen molar-refractivity contribution in [2.45, 2.75) is 20.4 Å². The van der Waals surface area contributed by atoms with Crippen LogP contribution in [-0.4, -0.2) is 5.78 Å². The number of hydrogen-bond acceptors (Lipinski definition) is 2. The van der Waals surface area contributed by atoms with Crippen molar-refractivity contribution < 1.29 is 4.79 Å². The number of ketones is 1. The normalized spacial score (nSPS) is 10.4. The predicted molar refractivity (Wildman–Crippen MR) is 73.7 cm³/mol. The summed E-state index contributed by atoms with van der Waals surface area (Å²) in [5, 5.41) is 0. The third-order valence-electron chi connectivity index (χ3n) is 3.22. The Morgan fingerprint density at radius 1 is 0.944 bits per heavy atom. The maximum Gasteiger partial charge on any atom is 0.193 e. The number of carbonyl (C=O) groups excluding carboxylic acids is 1. The predicted octanol–water partition coefficient (Wildman–Crippen LogP) is 2.99. The Morgan fingerprint density at radius 2 is 1.56 bits per heavy atom. The van der Waals surface area contributed by atoms with E-state index in [4.69, 9.17) is 5.73 Å². The fraction of sp³-hybridized carbons (Fsp3) is 0.188. The van der Waals surface area contributed by atoms with E-state index in [-0.39, 0.29) is 5.78 Å². The van der Waals surface area contributed by atoms with E-state index in [2.05, 4.69) is 0 Å². The van der Waals surface area contributed by atoms with Crippen LogP contribution in [0, 0.1) is 13.8 Å². The highest BCUT2D eigenvalue weighted by Gasteiger charge is 2.09. The summed E-state index contributed by atoms with van der Waals surface area (Å²) in [5.74, 6) is 0.0571. The number of hydrogen-bond donors (Lipinski definition) is 1. The lowest BCUT2D eigenvalue weighted by Crippen LogP contribution is -2.03. The summed E-state index contributed by atoms with van der Waals surface area (Å²) in [4.78, 5) is 12.3. The standard InChI is InChI=1S/C16H17NO/c1-11-3-6-15(9-12(11)2)16(18)14-7-4-13(10-17)5-8-14/h3-9H,10,17H2,1-2H3. The van der Waals surface area contributed by atoms with Crippen LogP contribution in [0.3, 0.4) is 0 Å². The van der Waals surface area contributed by atoms with Crippen molar-refractivity contribution >= 4 is 5.78 Å². The Bertz CT molecular complexity index is 570. The molecule has 0 fully saturated rings. The van der Waals surface area contributed by atoms with E-state index in [0.29, 0.717) is 12.1 Å². The lowest BCUT2D eigenvalue weighted by molar-refractivity contribution is 0.103. The van der Waals surface area contributed by atoms with Crippen LogP contribution >= 0.6 is 0 Å². The summed E-state index contributed by atoms with van der Waals surface area (Å²) < 4.78 is 0. The first-order chi connectivity index (χ1) is 8.61. The lowest BCUT2D eigenvalue weighted by atomic mass is 9.99. The molecule has 0 spiro atoms. The van der Waals surface area contributed by atoms with Gasteiger partial charge >= 0.3 is 0 Å². The fourth-order valence-electron chi connectivity index (χ4n) is 1.84. The fourth-order valence-corrected chi connectivity index (χ4v) is 1.84. The van der Waals surface area contributed by atoms with E-state index >= 15 is 0 Å². The monoisotopic (exact) mass is 239 g/mol. The van der Waals surface area contributed by atoms with Gasteiger partial charge in [0.25, 0.3) is 0 Å². The van der Waals surface area contributed by atoms with Crippen molar-refractivity contribution in [1.82, 2.24) is 0 Å². The molecule has 2 N–H and O–H groups in total. The van der Waals surface area contributed by atoms with E-state index in [0.717, 1.165) is 16.7 Å². The number of rotatable bonds is 3. The molecule has 0 aliphatic carbocycles. The molecule has 0 aliphatic heterocycles. The Kier molecular flexibility index (Phi) is 3.58. The number of carbonyl (C=O) groups is 1. The van der Waals surface area contributed by atoms with Gasteiger partial charge in [-0.2, -0.15) is 0 Å². The smallest absolute Gasteiger partial charge is 0.193 e. The Labute approximate surface area is 107 Å². The van der Waals surface area contributed by atoms with E-state index in [1.165, 1.54) is 5.56 Å². The average molecular weight is 239 g/mol. The van der Waals surface area contributed by atoms with Gasteiger partial charge in [-0.25, -0.2) is 0 Å². The van der Waals surface area contributed by atoms with Crippen molar-refractivity contribution in [2.75, 3.05) is 0 Å². The van der Waals surface area contributed by atoms with Crippen molar-refractivity contribution in [1.29, 1.82) is 0 Å². The summed E-state index contributed by atoms with van der Waals surface area (Å²) >= 11 is 0. The van der Waals surface area contributed by atoms with Gasteiger partial charge in [0.15, 0.2) is 5.78 Å². The maximum absolute atomic E-state index is 12.3. The molecule has 92 valence electrons. The molecule has 2 aromatic carbocycles. The average Bonchev–Trinajstić information content (AvgIpc) is 2.41. The zero-order valence-electron chi connectivity index (χ0n) is 10.7. The molecule has 0 saturated carbocycles. The third-order valence-corrected chi connectivity index (χ3v) is 3.22. The first kappa shape index (κ1) is 12.5. The maximum atomic E-state index is 12.3. The van der Waals surface area contributed by atoms with Gasteiger partial charge in [0, 0.05) is 17.7 Å². The minimum absolute atomic E-state index is 0.0571. The molecule has 2 nitrogen and oxygen atoms in total. The quantitative estimate of drug-likeness (QED) is 0.837. The van der Waals surface area contributed by atoms with Gasteiger partial charge in [0.2, 0.25) is 0 Å². The van der Waals surface area contributed by atoms with Crippen molar-refractivity contribution in [3.63, 3.8) is 0 Å². The Hall–Kier alpha value is -1.93. The molecule has 2 rings (SSSR count). The molecule has 0 aromatic heterocycles. The first-order valence-corrected chi connectivity index (χ1v) is 6.03. The van der Waals surface area contributed by atoms with Gasteiger partial charge in [-0.05, 0) is 36.6 Å². The molecule has 0 amide bonds. The van der Waals surface area contributed by atoms with E-state index in [1.54, 1.807) is 0 Å². The van der Waals surface area contributed by atoms with Crippen molar-refractivity contribution in [3.8, 4) is 0 Å². The highest BCUT2D eigenvalue weighted by atomic mass is 16.1. The van der Waals surface area contributed by atoms with E-state index in [1.807, 2.05) is 56.3 Å². The van der Waals surface area contributed by atoms with Gasteiger partial charge in [-0.1, -0.05) is 36.4 Å². The largest absolute Gasteiger partial charge is 0.326 e. The molecule has 0 bridgehead atoms. The van der Waals surface area contributed by atoms with E-state index < -0.39 is 0 Å². The summed E-state index contributed by atoms with van der Waals surface area (Å²) in [5.41, 5.74) is 10.3. The van der Waals surface area contributed by atoms with Crippen molar-refractivity contribution in [2.24, 2.45) is 5.73 Å². The summed E-state index contributed by atoms with van der Waals surface area (Å²) in [7, 11) is 0. The first-order valence-electron chi connectivity index (χ1n) is 6.03. The molecule has 0 aliphatic rings. The number of benzene rings is 2. The minimum Gasteiger partial charge on any atom is -0.326 e. The van der Waals surface area contributed by atoms with E-state index in [9.17, 15) is 4.79 Å².